The lowest BCUT2D eigenvalue weighted by Crippen LogP contribution is -2.40. The third-order valence-electron chi connectivity index (χ3n) is 5.03. The third-order valence-corrected chi connectivity index (χ3v) is 7.64. The maximum absolute atomic E-state index is 13.5. The largest absolute Gasteiger partial charge is 0.417 e. The lowest BCUT2D eigenvalue weighted by Gasteiger charge is -2.25. The predicted molar refractivity (Wildman–Crippen MR) is 137 cm³/mol. The fraction of sp³-hybridized carbons (Fsp3) is 0.167. The van der Waals surface area contributed by atoms with Gasteiger partial charge in [-0.3, -0.25) is 9.10 Å². The molecule has 1 N–H and O–H groups in total. The quantitative estimate of drug-likeness (QED) is 0.260. The van der Waals surface area contributed by atoms with Crippen LogP contribution in [0.25, 0.3) is 0 Å². The van der Waals surface area contributed by atoms with E-state index in [0.717, 1.165) is 22.2 Å². The van der Waals surface area contributed by atoms with Crippen molar-refractivity contribution in [1.29, 1.82) is 0 Å². The molecule has 0 heterocycles. The maximum Gasteiger partial charge on any atom is 0.417 e. The highest BCUT2D eigenvalue weighted by molar-refractivity contribution is 9.10. The molecule has 0 unspecified atom stereocenters. The number of carbonyl (C=O) groups excluding carboxylic acids is 1. The molecule has 3 aromatic rings. The summed E-state index contributed by atoms with van der Waals surface area (Å²) in [6.07, 6.45) is -4.83. The standard InChI is InChI=1S/C24H20BrClF3N3O3S/c1-15-6-9-20(10-7-15)36(34,35)32(19-8-11-22(26)21(13-19)24(27,28)29)14-23(33)31-30-16(2)17-4-3-5-18(25)12-17/h3-13H,14H2,1-2H3,(H,31,33)/b30-16-. The summed E-state index contributed by atoms with van der Waals surface area (Å²) in [6.45, 7) is 2.56. The summed E-state index contributed by atoms with van der Waals surface area (Å²) in [5, 5.41) is 3.39. The second-order valence-corrected chi connectivity index (χ2v) is 10.9. The molecule has 0 saturated heterocycles. The van der Waals surface area contributed by atoms with Crippen LogP contribution in [-0.4, -0.2) is 26.6 Å². The van der Waals surface area contributed by atoms with Crippen molar-refractivity contribution in [2.45, 2.75) is 24.9 Å². The van der Waals surface area contributed by atoms with Gasteiger partial charge in [0.2, 0.25) is 0 Å². The molecule has 0 aliphatic carbocycles. The monoisotopic (exact) mass is 601 g/mol. The summed E-state index contributed by atoms with van der Waals surface area (Å²) in [7, 11) is -4.43. The zero-order valence-corrected chi connectivity index (χ0v) is 22.1. The first kappa shape index (κ1) is 27.7. The Morgan fingerprint density at radius 1 is 1.08 bits per heavy atom. The number of hydrazone groups is 1. The lowest BCUT2D eigenvalue weighted by atomic mass is 10.1. The molecule has 36 heavy (non-hydrogen) atoms. The van der Waals surface area contributed by atoms with Crippen LogP contribution in [0.5, 0.6) is 0 Å². The molecule has 0 aliphatic rings. The van der Waals surface area contributed by atoms with Crippen molar-refractivity contribution in [2.75, 3.05) is 10.8 Å². The highest BCUT2D eigenvalue weighted by atomic mass is 79.9. The molecule has 3 aromatic carbocycles. The normalized spacial score (nSPS) is 12.4. The van der Waals surface area contributed by atoms with E-state index in [0.29, 0.717) is 21.6 Å². The van der Waals surface area contributed by atoms with Gasteiger partial charge in [-0.1, -0.05) is 57.4 Å². The molecule has 0 fully saturated rings. The number of sulfonamides is 1. The highest BCUT2D eigenvalue weighted by Gasteiger charge is 2.35. The third kappa shape index (κ3) is 6.65. The smallest absolute Gasteiger partial charge is 0.271 e. The molecule has 12 heteroatoms. The number of benzene rings is 3. The minimum absolute atomic E-state index is 0.196. The fourth-order valence-corrected chi connectivity index (χ4v) is 5.16. The van der Waals surface area contributed by atoms with Gasteiger partial charge in [-0.25, -0.2) is 13.8 Å². The van der Waals surface area contributed by atoms with Gasteiger partial charge in [0.05, 0.1) is 26.9 Å². The summed E-state index contributed by atoms with van der Waals surface area (Å²) in [4.78, 5) is 12.5. The van der Waals surface area contributed by atoms with E-state index in [1.165, 1.54) is 12.1 Å². The summed E-state index contributed by atoms with van der Waals surface area (Å²) in [5.41, 5.74) is 2.57. The number of anilines is 1. The Balaban J connectivity index is 1.98. The topological polar surface area (TPSA) is 78.8 Å². The molecule has 1 amide bonds. The van der Waals surface area contributed by atoms with Gasteiger partial charge in [-0.15, -0.1) is 0 Å². The summed E-state index contributed by atoms with van der Waals surface area (Å²) in [6, 6.07) is 15.5. The fourth-order valence-electron chi connectivity index (χ4n) is 3.13. The average Bonchev–Trinajstić information content (AvgIpc) is 2.81. The van der Waals surface area contributed by atoms with Crippen LogP contribution in [0.4, 0.5) is 18.9 Å². The minimum atomic E-state index is -4.83. The highest BCUT2D eigenvalue weighted by Crippen LogP contribution is 2.38. The van der Waals surface area contributed by atoms with Crippen LogP contribution in [0.2, 0.25) is 5.02 Å². The Hall–Kier alpha value is -2.89. The molecule has 6 nitrogen and oxygen atoms in total. The summed E-state index contributed by atoms with van der Waals surface area (Å²) >= 11 is 9.04. The number of amides is 1. The van der Waals surface area contributed by atoms with Crippen LogP contribution >= 0.6 is 27.5 Å². The Morgan fingerprint density at radius 2 is 1.75 bits per heavy atom. The number of nitrogens with one attached hydrogen (secondary N) is 1. The zero-order chi connectivity index (χ0) is 26.7. The molecule has 0 aromatic heterocycles. The van der Waals surface area contributed by atoms with Gasteiger partial charge in [-0.05, 0) is 61.9 Å². The molecule has 3 rings (SSSR count). The molecule has 190 valence electrons. The van der Waals surface area contributed by atoms with E-state index in [4.69, 9.17) is 11.6 Å². The van der Waals surface area contributed by atoms with Crippen molar-refractivity contribution in [2.24, 2.45) is 5.10 Å². The molecule has 0 radical (unpaired) electrons. The number of halogens is 5. The van der Waals surface area contributed by atoms with Crippen LogP contribution in [0.1, 0.15) is 23.6 Å². The van der Waals surface area contributed by atoms with Crippen molar-refractivity contribution in [3.63, 3.8) is 0 Å². The summed E-state index contributed by atoms with van der Waals surface area (Å²) in [5.74, 6) is -0.858. The minimum Gasteiger partial charge on any atom is -0.271 e. The number of hydrogen-bond donors (Lipinski definition) is 1. The van der Waals surface area contributed by atoms with Crippen molar-refractivity contribution in [3.8, 4) is 0 Å². The Kier molecular flexibility index (Phi) is 8.48. The van der Waals surface area contributed by atoms with Crippen molar-refractivity contribution < 1.29 is 26.4 Å². The molecule has 0 spiro atoms. The first-order valence-electron chi connectivity index (χ1n) is 10.3. The SMILES string of the molecule is C/C(=N/NC(=O)CN(c1ccc(Cl)c(C(F)(F)F)c1)S(=O)(=O)c1ccc(C)cc1)c1cccc(Br)c1. The van der Waals surface area contributed by atoms with Gasteiger partial charge in [0.15, 0.2) is 0 Å². The summed E-state index contributed by atoms with van der Waals surface area (Å²) < 4.78 is 68.6. The number of alkyl halides is 3. The van der Waals surface area contributed by atoms with Crippen LogP contribution in [0.15, 0.2) is 81.2 Å². The van der Waals surface area contributed by atoms with Crippen molar-refractivity contribution in [1.82, 2.24) is 5.43 Å². The van der Waals surface area contributed by atoms with Crippen molar-refractivity contribution in [3.05, 3.63) is 92.9 Å². The van der Waals surface area contributed by atoms with E-state index < -0.39 is 39.2 Å². The molecule has 0 bridgehead atoms. The van der Waals surface area contributed by atoms with E-state index in [1.54, 1.807) is 44.2 Å². The molecule has 0 aliphatic heterocycles. The van der Waals surface area contributed by atoms with Gasteiger partial charge in [0.25, 0.3) is 15.9 Å². The van der Waals surface area contributed by atoms with Gasteiger partial charge in [-0.2, -0.15) is 18.3 Å². The number of carbonyl (C=O) groups is 1. The van der Waals surface area contributed by atoms with Gasteiger partial charge < -0.3 is 0 Å². The molecule has 0 atom stereocenters. The Bertz CT molecular complexity index is 1410. The first-order chi connectivity index (χ1) is 16.8. The van der Waals surface area contributed by atoms with E-state index in [1.807, 2.05) is 6.07 Å². The number of nitrogens with zero attached hydrogens (tertiary/aromatic N) is 2. The number of aryl methyl sites for hydroxylation is 1. The predicted octanol–water partition coefficient (Wildman–Crippen LogP) is 6.17. The van der Waals surface area contributed by atoms with Gasteiger partial charge >= 0.3 is 6.18 Å². The molecular formula is C24H20BrClF3N3O3S. The molecular weight excluding hydrogens is 583 g/mol. The van der Waals surface area contributed by atoms with Crippen LogP contribution in [0.3, 0.4) is 0 Å². The van der Waals surface area contributed by atoms with Gasteiger partial charge in [0, 0.05) is 4.47 Å². The van der Waals surface area contributed by atoms with E-state index in [9.17, 15) is 26.4 Å². The van der Waals surface area contributed by atoms with E-state index in [2.05, 4.69) is 26.5 Å². The maximum atomic E-state index is 13.5. The van der Waals surface area contributed by atoms with Crippen LogP contribution < -0.4 is 9.73 Å². The van der Waals surface area contributed by atoms with Crippen molar-refractivity contribution >= 4 is 54.9 Å². The average molecular weight is 603 g/mol. The first-order valence-corrected chi connectivity index (χ1v) is 13.0. The van der Waals surface area contributed by atoms with E-state index >= 15 is 0 Å². The molecule has 0 saturated carbocycles. The second kappa shape index (κ2) is 11.0. The number of hydrogen-bond acceptors (Lipinski definition) is 4. The number of rotatable bonds is 7. The van der Waals surface area contributed by atoms with E-state index in [-0.39, 0.29) is 10.6 Å². The zero-order valence-electron chi connectivity index (χ0n) is 19.0. The van der Waals surface area contributed by atoms with Crippen LogP contribution in [-0.2, 0) is 21.0 Å². The Labute approximate surface area is 220 Å². The lowest BCUT2D eigenvalue weighted by molar-refractivity contribution is -0.137. The van der Waals surface area contributed by atoms with Gasteiger partial charge in [0.1, 0.15) is 6.54 Å². The Morgan fingerprint density at radius 3 is 2.36 bits per heavy atom. The second-order valence-electron chi connectivity index (χ2n) is 7.73. The van der Waals surface area contributed by atoms with Crippen LogP contribution in [0, 0.1) is 6.92 Å².